The Morgan fingerprint density at radius 1 is 1.77 bits per heavy atom. The molecule has 0 aromatic heterocycles. The van der Waals surface area contributed by atoms with E-state index in [2.05, 4.69) is 6.07 Å². The lowest BCUT2D eigenvalue weighted by atomic mass is 9.84. The number of carbonyl (C=O) groups is 1. The number of nitrogens with zero attached hydrogens (tertiary/aromatic N) is 2. The maximum absolute atomic E-state index is 10.1. The van der Waals surface area contributed by atoms with E-state index in [0.717, 1.165) is 19.2 Å². The van der Waals surface area contributed by atoms with Gasteiger partial charge in [-0.3, -0.25) is 4.90 Å². The highest BCUT2D eigenvalue weighted by molar-refractivity contribution is 5.79. The van der Waals surface area contributed by atoms with Crippen LogP contribution in [0.25, 0.3) is 0 Å². The first-order valence-corrected chi connectivity index (χ1v) is 4.09. The van der Waals surface area contributed by atoms with Crippen molar-refractivity contribution in [1.29, 1.82) is 5.26 Å². The molecule has 0 amide bonds. The summed E-state index contributed by atoms with van der Waals surface area (Å²) in [5.41, 5.74) is -0.225. The van der Waals surface area contributed by atoms with Gasteiger partial charge in [-0.25, -0.2) is 4.79 Å². The van der Waals surface area contributed by atoms with Crippen molar-refractivity contribution in [1.82, 2.24) is 4.90 Å². The van der Waals surface area contributed by atoms with Crippen LogP contribution in [0.15, 0.2) is 12.2 Å². The number of likely N-dealkylation sites (tertiary alicyclic amines) is 1. The van der Waals surface area contributed by atoms with Crippen molar-refractivity contribution in [2.75, 3.05) is 19.6 Å². The molecule has 0 bridgehead atoms. The molecule has 1 N–H and O–H groups in total. The van der Waals surface area contributed by atoms with E-state index in [1.807, 2.05) is 11.8 Å². The molecule has 13 heavy (non-hydrogen) atoms. The third-order valence-electron chi connectivity index (χ3n) is 2.04. The molecule has 0 radical (unpaired) electrons. The number of hydrogen-bond acceptors (Lipinski definition) is 3. The number of carboxylic acid groups (broad SMARTS) is 1. The second-order valence-corrected chi connectivity index (χ2v) is 3.58. The summed E-state index contributed by atoms with van der Waals surface area (Å²) in [5.74, 6) is -0.927. The van der Waals surface area contributed by atoms with E-state index in [1.54, 1.807) is 6.08 Å². The topological polar surface area (TPSA) is 64.3 Å². The molecule has 1 aliphatic heterocycles. The smallest absolute Gasteiger partial charge is 0.328 e. The van der Waals surface area contributed by atoms with Crippen molar-refractivity contribution in [2.45, 2.75) is 6.92 Å². The second-order valence-electron chi connectivity index (χ2n) is 3.58. The van der Waals surface area contributed by atoms with E-state index in [0.29, 0.717) is 6.54 Å². The minimum Gasteiger partial charge on any atom is -0.478 e. The Kier molecular flexibility index (Phi) is 2.69. The number of hydrogen-bond donors (Lipinski definition) is 1. The lowest BCUT2D eigenvalue weighted by Crippen LogP contribution is -2.53. The van der Waals surface area contributed by atoms with Gasteiger partial charge < -0.3 is 5.11 Å². The summed E-state index contributed by atoms with van der Waals surface area (Å²) >= 11 is 0. The van der Waals surface area contributed by atoms with E-state index in [9.17, 15) is 4.79 Å². The number of nitriles is 1. The first-order valence-electron chi connectivity index (χ1n) is 4.09. The van der Waals surface area contributed by atoms with Gasteiger partial charge in [-0.15, -0.1) is 0 Å². The number of carboxylic acids is 1. The van der Waals surface area contributed by atoms with E-state index in [1.165, 1.54) is 0 Å². The second kappa shape index (κ2) is 3.58. The van der Waals surface area contributed by atoms with Crippen LogP contribution >= 0.6 is 0 Å². The Labute approximate surface area is 77.1 Å². The minimum atomic E-state index is -0.927. The van der Waals surface area contributed by atoms with Crippen LogP contribution in [-0.2, 0) is 4.79 Å². The van der Waals surface area contributed by atoms with Crippen LogP contribution in [0.3, 0.4) is 0 Å². The molecule has 4 heteroatoms. The largest absolute Gasteiger partial charge is 0.478 e. The molecule has 1 fully saturated rings. The molecule has 4 nitrogen and oxygen atoms in total. The van der Waals surface area contributed by atoms with Crippen LogP contribution < -0.4 is 0 Å². The van der Waals surface area contributed by atoms with Crippen molar-refractivity contribution < 1.29 is 9.90 Å². The SMILES string of the molecule is CC1(C#N)CN(C/C=C/C(=O)O)C1. The fraction of sp³-hybridized carbons (Fsp3) is 0.556. The van der Waals surface area contributed by atoms with Crippen molar-refractivity contribution >= 4 is 5.97 Å². The molecule has 1 heterocycles. The first kappa shape index (κ1) is 9.75. The van der Waals surface area contributed by atoms with Crippen LogP contribution in [-0.4, -0.2) is 35.6 Å². The van der Waals surface area contributed by atoms with Gasteiger partial charge in [-0.2, -0.15) is 5.26 Å². The monoisotopic (exact) mass is 180 g/mol. The first-order chi connectivity index (χ1) is 6.06. The zero-order valence-corrected chi connectivity index (χ0v) is 7.53. The molecule has 1 aliphatic rings. The van der Waals surface area contributed by atoms with Gasteiger partial charge in [-0.05, 0) is 6.92 Å². The van der Waals surface area contributed by atoms with Crippen LogP contribution in [0.1, 0.15) is 6.92 Å². The lowest BCUT2D eigenvalue weighted by Gasteiger charge is -2.42. The van der Waals surface area contributed by atoms with Gasteiger partial charge in [0.2, 0.25) is 0 Å². The molecule has 0 atom stereocenters. The molecular formula is C9H12N2O2. The highest BCUT2D eigenvalue weighted by Gasteiger charge is 2.37. The fourth-order valence-electron chi connectivity index (χ4n) is 1.44. The molecule has 0 unspecified atom stereocenters. The molecule has 0 aromatic rings. The van der Waals surface area contributed by atoms with Crippen molar-refractivity contribution in [3.8, 4) is 6.07 Å². The Bertz CT molecular complexity index is 272. The number of aliphatic carboxylic acids is 1. The summed E-state index contributed by atoms with van der Waals surface area (Å²) in [7, 11) is 0. The Morgan fingerprint density at radius 3 is 2.85 bits per heavy atom. The molecule has 1 saturated heterocycles. The van der Waals surface area contributed by atoms with Crippen LogP contribution in [0.4, 0.5) is 0 Å². The molecular weight excluding hydrogens is 168 g/mol. The predicted molar refractivity (Wildman–Crippen MR) is 46.9 cm³/mol. The summed E-state index contributed by atoms with van der Waals surface area (Å²) in [4.78, 5) is 12.1. The Hall–Kier alpha value is -1.34. The molecule has 0 aliphatic carbocycles. The maximum Gasteiger partial charge on any atom is 0.328 e. The molecule has 0 saturated carbocycles. The van der Waals surface area contributed by atoms with Gasteiger partial charge in [0.15, 0.2) is 0 Å². The van der Waals surface area contributed by atoms with Gasteiger partial charge in [-0.1, -0.05) is 6.08 Å². The summed E-state index contributed by atoms with van der Waals surface area (Å²) in [6, 6.07) is 2.22. The van der Waals surface area contributed by atoms with Gasteiger partial charge >= 0.3 is 5.97 Å². The Morgan fingerprint density at radius 2 is 2.38 bits per heavy atom. The maximum atomic E-state index is 10.1. The van der Waals surface area contributed by atoms with E-state index in [4.69, 9.17) is 10.4 Å². The summed E-state index contributed by atoms with van der Waals surface area (Å²) in [6.45, 7) is 3.98. The third kappa shape index (κ3) is 2.56. The zero-order chi connectivity index (χ0) is 9.90. The molecule has 0 spiro atoms. The van der Waals surface area contributed by atoms with Crippen LogP contribution in [0, 0.1) is 16.7 Å². The third-order valence-corrected chi connectivity index (χ3v) is 2.04. The van der Waals surface area contributed by atoms with Crippen molar-refractivity contribution in [2.24, 2.45) is 5.41 Å². The predicted octanol–water partition coefficient (Wildman–Crippen LogP) is 0.473. The normalized spacial score (nSPS) is 20.9. The van der Waals surface area contributed by atoms with E-state index in [-0.39, 0.29) is 5.41 Å². The van der Waals surface area contributed by atoms with Gasteiger partial charge in [0.05, 0.1) is 11.5 Å². The lowest BCUT2D eigenvalue weighted by molar-refractivity contribution is -0.131. The fourth-order valence-corrected chi connectivity index (χ4v) is 1.44. The highest BCUT2D eigenvalue weighted by atomic mass is 16.4. The summed E-state index contributed by atoms with van der Waals surface area (Å²) in [6.07, 6.45) is 2.72. The Balaban J connectivity index is 2.23. The standard InChI is InChI=1S/C9H12N2O2/c1-9(5-10)6-11(7-9)4-2-3-8(12)13/h2-3H,4,6-7H2,1H3,(H,12,13)/b3-2+. The molecule has 1 rings (SSSR count). The van der Waals surface area contributed by atoms with Crippen LogP contribution in [0.5, 0.6) is 0 Å². The van der Waals surface area contributed by atoms with Gasteiger partial charge in [0.1, 0.15) is 0 Å². The van der Waals surface area contributed by atoms with Crippen molar-refractivity contribution in [3.63, 3.8) is 0 Å². The average molecular weight is 180 g/mol. The zero-order valence-electron chi connectivity index (χ0n) is 7.53. The van der Waals surface area contributed by atoms with E-state index < -0.39 is 5.97 Å². The van der Waals surface area contributed by atoms with Gasteiger partial charge in [0, 0.05) is 25.7 Å². The van der Waals surface area contributed by atoms with Crippen molar-refractivity contribution in [3.05, 3.63) is 12.2 Å². The molecule has 0 aromatic carbocycles. The summed E-state index contributed by atoms with van der Waals surface area (Å²) < 4.78 is 0. The van der Waals surface area contributed by atoms with Crippen LogP contribution in [0.2, 0.25) is 0 Å². The average Bonchev–Trinajstić information content (AvgIpc) is 2.00. The number of rotatable bonds is 3. The summed E-state index contributed by atoms with van der Waals surface area (Å²) in [5, 5.41) is 17.0. The van der Waals surface area contributed by atoms with E-state index >= 15 is 0 Å². The minimum absolute atomic E-state index is 0.225. The van der Waals surface area contributed by atoms with Gasteiger partial charge in [0.25, 0.3) is 0 Å². The quantitative estimate of drug-likeness (QED) is 0.641. The molecule has 70 valence electrons. The highest BCUT2D eigenvalue weighted by Crippen LogP contribution is 2.27.